The molecule has 3 amide bonds. The summed E-state index contributed by atoms with van der Waals surface area (Å²) in [5, 5.41) is 2.19. The third-order valence-corrected chi connectivity index (χ3v) is 7.27. The first-order chi connectivity index (χ1) is 15.4. The average molecular weight is 452 g/mol. The number of carbonyl (C=O) groups excluding carboxylic acids is 3. The molecule has 2 aliphatic rings. The highest BCUT2D eigenvalue weighted by atomic mass is 32.2. The molecule has 4 rings (SSSR count). The van der Waals surface area contributed by atoms with Crippen molar-refractivity contribution in [3.05, 3.63) is 60.2 Å². The van der Waals surface area contributed by atoms with Crippen LogP contribution in [-0.2, 0) is 19.9 Å². The number of carbonyl (C=O) groups is 3. The Morgan fingerprint density at radius 3 is 2.38 bits per heavy atom. The number of piperidine rings is 1. The standard InChI is InChI=1S/C25H29N3O3S/c1-25(2,18-11-5-3-6-12-18)26-21(29)17-28-19-13-7-8-14-20(19)32-22(24(28)31)23(30)27-15-9-4-10-16-27/h3,5-8,11-14,22H,4,9-10,15-17H2,1-2H3,(H,26,29). The zero-order valence-corrected chi connectivity index (χ0v) is 19.4. The number of para-hydroxylation sites is 1. The molecule has 1 unspecified atom stereocenters. The number of benzene rings is 2. The minimum Gasteiger partial charge on any atom is -0.346 e. The lowest BCUT2D eigenvalue weighted by Gasteiger charge is -2.36. The lowest BCUT2D eigenvalue weighted by molar-refractivity contribution is -0.136. The van der Waals surface area contributed by atoms with Gasteiger partial charge in [0.05, 0.1) is 11.2 Å². The van der Waals surface area contributed by atoms with Crippen LogP contribution in [0, 0.1) is 0 Å². The van der Waals surface area contributed by atoms with E-state index in [-0.39, 0.29) is 24.3 Å². The van der Waals surface area contributed by atoms with Crippen LogP contribution >= 0.6 is 11.8 Å². The highest BCUT2D eigenvalue weighted by Gasteiger charge is 2.41. The normalized spacial score (nSPS) is 18.8. The molecule has 2 aliphatic heterocycles. The van der Waals surface area contributed by atoms with E-state index >= 15 is 0 Å². The van der Waals surface area contributed by atoms with Crippen LogP contribution in [0.4, 0.5) is 5.69 Å². The topological polar surface area (TPSA) is 69.7 Å². The maximum absolute atomic E-state index is 13.4. The van der Waals surface area contributed by atoms with Crippen molar-refractivity contribution in [1.82, 2.24) is 10.2 Å². The zero-order chi connectivity index (χ0) is 22.7. The molecule has 1 N–H and O–H groups in total. The monoisotopic (exact) mass is 451 g/mol. The van der Waals surface area contributed by atoms with Gasteiger partial charge in [-0.2, -0.15) is 0 Å². The van der Waals surface area contributed by atoms with Crippen molar-refractivity contribution in [3.63, 3.8) is 0 Å². The number of fused-ring (bicyclic) bond motifs is 1. The van der Waals surface area contributed by atoms with E-state index in [1.54, 1.807) is 4.90 Å². The summed E-state index contributed by atoms with van der Waals surface area (Å²) < 4.78 is 0. The van der Waals surface area contributed by atoms with E-state index in [9.17, 15) is 14.4 Å². The Morgan fingerprint density at radius 2 is 1.66 bits per heavy atom. The summed E-state index contributed by atoms with van der Waals surface area (Å²) in [4.78, 5) is 43.7. The number of hydrogen-bond donors (Lipinski definition) is 1. The number of thioether (sulfide) groups is 1. The van der Waals surface area contributed by atoms with Crippen LogP contribution in [0.25, 0.3) is 0 Å². The van der Waals surface area contributed by atoms with Gasteiger partial charge in [0.2, 0.25) is 11.8 Å². The minimum atomic E-state index is -0.849. The van der Waals surface area contributed by atoms with Gasteiger partial charge in [0.15, 0.2) is 5.25 Å². The van der Waals surface area contributed by atoms with E-state index in [2.05, 4.69) is 5.32 Å². The molecule has 1 atom stereocenters. The largest absolute Gasteiger partial charge is 0.346 e. The third-order valence-electron chi connectivity index (χ3n) is 6.03. The fourth-order valence-corrected chi connectivity index (χ4v) is 5.46. The molecule has 0 aromatic heterocycles. The minimum absolute atomic E-state index is 0.129. The van der Waals surface area contributed by atoms with Crippen molar-refractivity contribution in [3.8, 4) is 0 Å². The van der Waals surface area contributed by atoms with Gasteiger partial charge >= 0.3 is 0 Å². The van der Waals surface area contributed by atoms with Crippen LogP contribution in [0.2, 0.25) is 0 Å². The lowest BCUT2D eigenvalue weighted by atomic mass is 9.94. The Balaban J connectivity index is 1.54. The highest BCUT2D eigenvalue weighted by Crippen LogP contribution is 2.40. The smallest absolute Gasteiger partial charge is 0.250 e. The Hall–Kier alpha value is -2.80. The molecule has 1 fully saturated rings. The van der Waals surface area contributed by atoms with Gasteiger partial charge in [0.1, 0.15) is 6.54 Å². The molecule has 2 aromatic rings. The van der Waals surface area contributed by atoms with Gasteiger partial charge in [-0.25, -0.2) is 0 Å². The second-order valence-corrected chi connectivity index (χ2v) is 9.96. The molecule has 7 heteroatoms. The van der Waals surface area contributed by atoms with Crippen LogP contribution in [0.5, 0.6) is 0 Å². The van der Waals surface area contributed by atoms with Gasteiger partial charge in [-0.3, -0.25) is 14.4 Å². The molecule has 0 bridgehead atoms. The Bertz CT molecular complexity index is 1000. The van der Waals surface area contributed by atoms with Gasteiger partial charge in [0, 0.05) is 18.0 Å². The first kappa shape index (κ1) is 22.4. The van der Waals surface area contributed by atoms with Crippen LogP contribution < -0.4 is 10.2 Å². The van der Waals surface area contributed by atoms with Gasteiger partial charge in [-0.15, -0.1) is 11.8 Å². The molecule has 32 heavy (non-hydrogen) atoms. The molecule has 0 saturated carbocycles. The van der Waals surface area contributed by atoms with Crippen LogP contribution in [0.15, 0.2) is 59.5 Å². The molecular formula is C25H29N3O3S. The maximum atomic E-state index is 13.4. The van der Waals surface area contributed by atoms with Gasteiger partial charge in [-0.1, -0.05) is 42.5 Å². The summed E-state index contributed by atoms with van der Waals surface area (Å²) in [7, 11) is 0. The third kappa shape index (κ3) is 4.67. The quantitative estimate of drug-likeness (QED) is 0.706. The first-order valence-electron chi connectivity index (χ1n) is 11.1. The zero-order valence-electron chi connectivity index (χ0n) is 18.5. The van der Waals surface area contributed by atoms with Crippen molar-refractivity contribution in [2.75, 3.05) is 24.5 Å². The van der Waals surface area contributed by atoms with E-state index in [1.807, 2.05) is 68.4 Å². The summed E-state index contributed by atoms with van der Waals surface area (Å²) in [6.45, 7) is 5.12. The van der Waals surface area contributed by atoms with E-state index < -0.39 is 10.8 Å². The molecule has 1 saturated heterocycles. The van der Waals surface area contributed by atoms with Crippen molar-refractivity contribution in [2.45, 2.75) is 48.8 Å². The maximum Gasteiger partial charge on any atom is 0.250 e. The molecule has 168 valence electrons. The fraction of sp³-hybridized carbons (Fsp3) is 0.400. The summed E-state index contributed by atoms with van der Waals surface area (Å²) in [6, 6.07) is 17.2. The summed E-state index contributed by atoms with van der Waals surface area (Å²) in [5.41, 5.74) is 1.07. The molecule has 0 radical (unpaired) electrons. The number of hydrogen-bond acceptors (Lipinski definition) is 4. The Labute approximate surface area is 193 Å². The summed E-state index contributed by atoms with van der Waals surface area (Å²) >= 11 is 1.29. The van der Waals surface area contributed by atoms with Crippen molar-refractivity contribution < 1.29 is 14.4 Å². The van der Waals surface area contributed by atoms with Gasteiger partial charge in [-0.05, 0) is 50.8 Å². The predicted octanol–water partition coefficient (Wildman–Crippen LogP) is 3.56. The Morgan fingerprint density at radius 1 is 1.00 bits per heavy atom. The second kappa shape index (κ2) is 9.36. The van der Waals surface area contributed by atoms with Gasteiger partial charge < -0.3 is 15.1 Å². The first-order valence-corrected chi connectivity index (χ1v) is 12.0. The number of nitrogens with one attached hydrogen (secondary N) is 1. The molecule has 0 spiro atoms. The van der Waals surface area contributed by atoms with Crippen LogP contribution in [0.3, 0.4) is 0 Å². The average Bonchev–Trinajstić information content (AvgIpc) is 2.81. The number of rotatable bonds is 5. The molecule has 2 heterocycles. The van der Waals surface area contributed by atoms with Gasteiger partial charge in [0.25, 0.3) is 5.91 Å². The highest BCUT2D eigenvalue weighted by molar-refractivity contribution is 8.01. The van der Waals surface area contributed by atoms with E-state index in [0.717, 1.165) is 29.7 Å². The van der Waals surface area contributed by atoms with Crippen LogP contribution in [-0.4, -0.2) is 47.5 Å². The van der Waals surface area contributed by atoms with E-state index in [1.165, 1.54) is 16.7 Å². The number of likely N-dealkylation sites (tertiary alicyclic amines) is 1. The summed E-state index contributed by atoms with van der Waals surface area (Å²) in [6.07, 6.45) is 3.05. The van der Waals surface area contributed by atoms with Crippen molar-refractivity contribution in [2.24, 2.45) is 0 Å². The van der Waals surface area contributed by atoms with Crippen LogP contribution in [0.1, 0.15) is 38.7 Å². The lowest BCUT2D eigenvalue weighted by Crippen LogP contribution is -2.54. The number of amides is 3. The van der Waals surface area contributed by atoms with E-state index in [0.29, 0.717) is 18.8 Å². The Kier molecular flexibility index (Phi) is 6.55. The van der Waals surface area contributed by atoms with Crippen molar-refractivity contribution in [1.29, 1.82) is 0 Å². The summed E-state index contributed by atoms with van der Waals surface area (Å²) in [5.74, 6) is -0.737. The number of anilines is 1. The molecule has 6 nitrogen and oxygen atoms in total. The SMILES string of the molecule is CC(C)(NC(=O)CN1C(=O)C(C(=O)N2CCCCC2)Sc2ccccc21)c1ccccc1. The number of nitrogens with zero attached hydrogens (tertiary/aromatic N) is 2. The molecule has 0 aliphatic carbocycles. The van der Waals surface area contributed by atoms with Crippen molar-refractivity contribution >= 4 is 35.2 Å². The molecular weight excluding hydrogens is 422 g/mol. The molecule has 2 aromatic carbocycles. The second-order valence-electron chi connectivity index (χ2n) is 8.82. The predicted molar refractivity (Wildman–Crippen MR) is 126 cm³/mol. The fourth-order valence-electron chi connectivity index (χ4n) is 4.28. The van der Waals surface area contributed by atoms with E-state index in [4.69, 9.17) is 0 Å².